The minimum Gasteiger partial charge on any atom is -0.311 e. The molecule has 19 heavy (non-hydrogen) atoms. The summed E-state index contributed by atoms with van der Waals surface area (Å²) in [5, 5.41) is 3.36. The SMILES string of the molecule is Cc1ccc(CC(C)NC(C)CCCC(F)(F)F)s1. The molecule has 0 saturated heterocycles. The van der Waals surface area contributed by atoms with Gasteiger partial charge in [-0.1, -0.05) is 0 Å². The number of nitrogens with one attached hydrogen (secondary N) is 1. The van der Waals surface area contributed by atoms with Crippen LogP contribution in [-0.4, -0.2) is 18.3 Å². The first-order valence-electron chi connectivity index (χ1n) is 6.64. The smallest absolute Gasteiger partial charge is 0.311 e. The molecule has 110 valence electrons. The van der Waals surface area contributed by atoms with Crippen molar-refractivity contribution in [3.05, 3.63) is 21.9 Å². The molecule has 0 bridgehead atoms. The molecule has 5 heteroatoms. The van der Waals surface area contributed by atoms with Crippen LogP contribution in [-0.2, 0) is 6.42 Å². The van der Waals surface area contributed by atoms with E-state index in [2.05, 4.69) is 31.3 Å². The Morgan fingerprint density at radius 3 is 2.42 bits per heavy atom. The summed E-state index contributed by atoms with van der Waals surface area (Å²) in [5.41, 5.74) is 0. The first-order chi connectivity index (χ1) is 8.76. The lowest BCUT2D eigenvalue weighted by Crippen LogP contribution is -2.35. The summed E-state index contributed by atoms with van der Waals surface area (Å²) in [6, 6.07) is 4.63. The third-order valence-electron chi connectivity index (χ3n) is 2.97. The number of hydrogen-bond donors (Lipinski definition) is 1. The van der Waals surface area contributed by atoms with Crippen LogP contribution in [0.5, 0.6) is 0 Å². The summed E-state index contributed by atoms with van der Waals surface area (Å²) < 4.78 is 36.1. The average Bonchev–Trinajstić information content (AvgIpc) is 2.61. The average molecular weight is 293 g/mol. The van der Waals surface area contributed by atoms with E-state index in [0.29, 0.717) is 12.5 Å². The van der Waals surface area contributed by atoms with E-state index < -0.39 is 12.6 Å². The van der Waals surface area contributed by atoms with Gasteiger partial charge in [-0.3, -0.25) is 0 Å². The fraction of sp³-hybridized carbons (Fsp3) is 0.714. The number of halogens is 3. The molecule has 0 aromatic carbocycles. The van der Waals surface area contributed by atoms with Gasteiger partial charge in [-0.2, -0.15) is 13.2 Å². The number of aryl methyl sites for hydroxylation is 1. The Balaban J connectivity index is 2.22. The molecule has 1 nitrogen and oxygen atoms in total. The topological polar surface area (TPSA) is 12.0 Å². The number of thiophene rings is 1. The normalized spacial score (nSPS) is 15.5. The molecule has 0 aliphatic heterocycles. The van der Waals surface area contributed by atoms with Crippen LogP contribution < -0.4 is 5.32 Å². The molecule has 0 radical (unpaired) electrons. The molecule has 0 aliphatic rings. The first kappa shape index (κ1) is 16.5. The zero-order chi connectivity index (χ0) is 14.5. The fourth-order valence-electron chi connectivity index (χ4n) is 2.13. The Kier molecular flexibility index (Phi) is 6.33. The van der Waals surface area contributed by atoms with E-state index in [0.717, 1.165) is 6.42 Å². The van der Waals surface area contributed by atoms with E-state index in [4.69, 9.17) is 0 Å². The largest absolute Gasteiger partial charge is 0.389 e. The quantitative estimate of drug-likeness (QED) is 0.768. The van der Waals surface area contributed by atoms with Crippen molar-refractivity contribution in [3.8, 4) is 0 Å². The van der Waals surface area contributed by atoms with E-state index in [9.17, 15) is 13.2 Å². The maximum absolute atomic E-state index is 12.0. The van der Waals surface area contributed by atoms with Crippen molar-refractivity contribution in [3.63, 3.8) is 0 Å². The maximum Gasteiger partial charge on any atom is 0.389 e. The van der Waals surface area contributed by atoms with E-state index in [1.165, 1.54) is 9.75 Å². The van der Waals surface area contributed by atoms with Gasteiger partial charge >= 0.3 is 6.18 Å². The van der Waals surface area contributed by atoms with Crippen LogP contribution in [0.1, 0.15) is 42.9 Å². The molecular formula is C14H22F3NS. The lowest BCUT2D eigenvalue weighted by molar-refractivity contribution is -0.135. The molecule has 0 spiro atoms. The van der Waals surface area contributed by atoms with Crippen LogP contribution >= 0.6 is 11.3 Å². The molecule has 2 unspecified atom stereocenters. The second-order valence-electron chi connectivity index (χ2n) is 5.19. The molecule has 0 saturated carbocycles. The van der Waals surface area contributed by atoms with Gasteiger partial charge in [0.25, 0.3) is 0 Å². The zero-order valence-corrected chi connectivity index (χ0v) is 12.5. The van der Waals surface area contributed by atoms with Crippen LogP contribution in [0.15, 0.2) is 12.1 Å². The van der Waals surface area contributed by atoms with Crippen molar-refractivity contribution < 1.29 is 13.2 Å². The molecule has 1 rings (SSSR count). The Morgan fingerprint density at radius 1 is 1.21 bits per heavy atom. The lowest BCUT2D eigenvalue weighted by atomic mass is 10.1. The van der Waals surface area contributed by atoms with Gasteiger partial charge in [0.1, 0.15) is 0 Å². The van der Waals surface area contributed by atoms with E-state index in [1.54, 1.807) is 11.3 Å². The summed E-state index contributed by atoms with van der Waals surface area (Å²) in [5.74, 6) is 0. The zero-order valence-electron chi connectivity index (χ0n) is 11.7. The summed E-state index contributed by atoms with van der Waals surface area (Å²) >= 11 is 1.78. The highest BCUT2D eigenvalue weighted by atomic mass is 32.1. The van der Waals surface area contributed by atoms with Crippen LogP contribution in [0.25, 0.3) is 0 Å². The van der Waals surface area contributed by atoms with Gasteiger partial charge < -0.3 is 5.32 Å². The number of alkyl halides is 3. The van der Waals surface area contributed by atoms with Gasteiger partial charge in [0.2, 0.25) is 0 Å². The minimum atomic E-state index is -4.03. The van der Waals surface area contributed by atoms with Gasteiger partial charge in [-0.05, 0) is 52.2 Å². The number of rotatable bonds is 7. The van der Waals surface area contributed by atoms with E-state index >= 15 is 0 Å². The van der Waals surface area contributed by atoms with Crippen LogP contribution in [0.4, 0.5) is 13.2 Å². The molecule has 0 aliphatic carbocycles. The highest BCUT2D eigenvalue weighted by molar-refractivity contribution is 7.11. The highest BCUT2D eigenvalue weighted by Crippen LogP contribution is 2.23. The predicted octanol–water partition coefficient (Wildman–Crippen LogP) is 4.70. The van der Waals surface area contributed by atoms with Crippen LogP contribution in [0, 0.1) is 6.92 Å². The molecule has 0 fully saturated rings. The molecule has 2 atom stereocenters. The summed E-state index contributed by atoms with van der Waals surface area (Å²) in [7, 11) is 0. The van der Waals surface area contributed by atoms with Crippen molar-refractivity contribution in [2.45, 2.75) is 64.7 Å². The van der Waals surface area contributed by atoms with E-state index in [1.807, 2.05) is 6.92 Å². The monoisotopic (exact) mass is 293 g/mol. The fourth-order valence-corrected chi connectivity index (χ4v) is 3.15. The number of hydrogen-bond acceptors (Lipinski definition) is 2. The summed E-state index contributed by atoms with van der Waals surface area (Å²) in [6.07, 6.45) is -3.02. The second kappa shape index (κ2) is 7.29. The van der Waals surface area contributed by atoms with Gasteiger partial charge in [-0.15, -0.1) is 11.3 Å². The molecule has 1 N–H and O–H groups in total. The Morgan fingerprint density at radius 2 is 1.89 bits per heavy atom. The second-order valence-corrected chi connectivity index (χ2v) is 6.57. The van der Waals surface area contributed by atoms with Crippen molar-refractivity contribution in [2.75, 3.05) is 0 Å². The standard InChI is InChI=1S/C14H22F3NS/c1-10(5-4-8-14(15,16)17)18-11(2)9-13-7-6-12(3)19-13/h6-7,10-11,18H,4-5,8-9H2,1-3H3. The predicted molar refractivity (Wildman–Crippen MR) is 74.7 cm³/mol. The van der Waals surface area contributed by atoms with Crippen LogP contribution in [0.3, 0.4) is 0 Å². The van der Waals surface area contributed by atoms with Gasteiger partial charge in [0, 0.05) is 28.3 Å². The van der Waals surface area contributed by atoms with Crippen molar-refractivity contribution >= 4 is 11.3 Å². The first-order valence-corrected chi connectivity index (χ1v) is 7.46. The molecule has 1 heterocycles. The van der Waals surface area contributed by atoms with Gasteiger partial charge in [0.15, 0.2) is 0 Å². The molecule has 0 amide bonds. The molecule has 1 aromatic heterocycles. The van der Waals surface area contributed by atoms with E-state index in [-0.39, 0.29) is 12.5 Å². The van der Waals surface area contributed by atoms with Crippen molar-refractivity contribution in [2.24, 2.45) is 0 Å². The molecule has 1 aromatic rings. The van der Waals surface area contributed by atoms with Crippen molar-refractivity contribution in [1.29, 1.82) is 0 Å². The maximum atomic E-state index is 12.0. The summed E-state index contributed by atoms with van der Waals surface area (Å²) in [4.78, 5) is 2.61. The van der Waals surface area contributed by atoms with Crippen molar-refractivity contribution in [1.82, 2.24) is 5.32 Å². The lowest BCUT2D eigenvalue weighted by Gasteiger charge is -2.19. The Hall–Kier alpha value is -0.550. The van der Waals surface area contributed by atoms with Crippen LogP contribution in [0.2, 0.25) is 0 Å². The third kappa shape index (κ3) is 7.57. The highest BCUT2D eigenvalue weighted by Gasteiger charge is 2.26. The minimum absolute atomic E-state index is 0.124. The Labute approximate surface area is 117 Å². The van der Waals surface area contributed by atoms with Gasteiger partial charge in [-0.25, -0.2) is 0 Å². The van der Waals surface area contributed by atoms with Gasteiger partial charge in [0.05, 0.1) is 0 Å². The third-order valence-corrected chi connectivity index (χ3v) is 3.99. The molecular weight excluding hydrogens is 271 g/mol. The Bertz CT molecular complexity index is 373. The summed E-state index contributed by atoms with van der Waals surface area (Å²) in [6.45, 7) is 6.11.